The van der Waals surface area contributed by atoms with Crippen LogP contribution in [0.2, 0.25) is 0 Å². The Bertz CT molecular complexity index is 998. The van der Waals surface area contributed by atoms with E-state index in [2.05, 4.69) is 22.0 Å². The lowest BCUT2D eigenvalue weighted by Gasteiger charge is -2.33. The number of aromatic nitrogens is 2. The van der Waals surface area contributed by atoms with Crippen LogP contribution in [0.15, 0.2) is 42.7 Å². The monoisotopic (exact) mass is 367 g/mol. The fourth-order valence-corrected chi connectivity index (χ4v) is 3.59. The quantitative estimate of drug-likeness (QED) is 0.663. The third-order valence-electron chi connectivity index (χ3n) is 5.09. The molecule has 2 heterocycles. The Morgan fingerprint density at radius 1 is 1.30 bits per heavy atom. The minimum Gasteiger partial charge on any atom is -0.371 e. The van der Waals surface area contributed by atoms with Crippen molar-refractivity contribution in [2.45, 2.75) is 19.6 Å². The van der Waals surface area contributed by atoms with Crippen LogP contribution in [-0.4, -0.2) is 39.9 Å². The van der Waals surface area contributed by atoms with Gasteiger partial charge in [0.05, 0.1) is 35.6 Å². The lowest BCUT2D eigenvalue weighted by atomic mass is 10.1. The van der Waals surface area contributed by atoms with E-state index in [0.29, 0.717) is 13.2 Å². The van der Waals surface area contributed by atoms with E-state index < -0.39 is 5.82 Å². The number of imidazole rings is 1. The maximum atomic E-state index is 14.1. The van der Waals surface area contributed by atoms with Gasteiger partial charge in [0.25, 0.3) is 0 Å². The van der Waals surface area contributed by atoms with Gasteiger partial charge in [-0.3, -0.25) is 9.69 Å². The van der Waals surface area contributed by atoms with E-state index in [-0.39, 0.29) is 17.5 Å². The molecule has 1 aliphatic heterocycles. The van der Waals surface area contributed by atoms with Crippen LogP contribution < -0.4 is 0 Å². The summed E-state index contributed by atoms with van der Waals surface area (Å²) in [4.78, 5) is 18.0. The zero-order valence-corrected chi connectivity index (χ0v) is 15.5. The fourth-order valence-electron chi connectivity index (χ4n) is 3.59. The van der Waals surface area contributed by atoms with Crippen molar-refractivity contribution in [2.75, 3.05) is 19.7 Å². The van der Waals surface area contributed by atoms with Crippen molar-refractivity contribution < 1.29 is 13.9 Å². The summed E-state index contributed by atoms with van der Waals surface area (Å²) in [6, 6.07) is 11.1. The number of ether oxygens (including phenoxy) is 1. The summed E-state index contributed by atoms with van der Waals surface area (Å²) in [6.45, 7) is 4.16. The van der Waals surface area contributed by atoms with Gasteiger partial charge in [-0.25, -0.2) is 9.37 Å². The number of Topliss-reactive ketones (excluding diaryl/α,β-unsaturated/α-hetero) is 1. The second kappa shape index (κ2) is 7.21. The van der Waals surface area contributed by atoms with E-state index in [4.69, 9.17) is 4.74 Å². The Kier molecular flexibility index (Phi) is 4.76. The van der Waals surface area contributed by atoms with Gasteiger partial charge in [0.1, 0.15) is 5.82 Å². The number of hydrogen-bond acceptors (Lipinski definition) is 4. The second-order valence-electron chi connectivity index (χ2n) is 7.07. The van der Waals surface area contributed by atoms with E-state index in [1.807, 2.05) is 30.1 Å². The van der Waals surface area contributed by atoms with Crippen molar-refractivity contribution in [3.63, 3.8) is 0 Å². The molecule has 5 nitrogen and oxygen atoms in total. The number of hydrogen-bond donors (Lipinski definition) is 0. The van der Waals surface area contributed by atoms with Crippen molar-refractivity contribution >= 4 is 16.8 Å². The molecule has 1 saturated heterocycles. The maximum absolute atomic E-state index is 14.1. The first kappa shape index (κ1) is 17.8. The van der Waals surface area contributed by atoms with Crippen LogP contribution in [0.5, 0.6) is 0 Å². The van der Waals surface area contributed by atoms with E-state index in [1.165, 1.54) is 13.0 Å². The number of nitrogens with zero attached hydrogens (tertiary/aromatic N) is 3. The van der Waals surface area contributed by atoms with Crippen LogP contribution in [0.4, 0.5) is 4.39 Å². The largest absolute Gasteiger partial charge is 0.371 e. The number of carbonyl (C=O) groups excluding carboxylic acids is 1. The van der Waals surface area contributed by atoms with Crippen molar-refractivity contribution in [3.05, 3.63) is 65.2 Å². The van der Waals surface area contributed by atoms with E-state index in [1.54, 1.807) is 6.07 Å². The van der Waals surface area contributed by atoms with Gasteiger partial charge in [0.2, 0.25) is 0 Å². The molecule has 0 unspecified atom stereocenters. The number of benzene rings is 2. The number of morpholine rings is 1. The van der Waals surface area contributed by atoms with Crippen LogP contribution in [0.25, 0.3) is 11.0 Å². The Morgan fingerprint density at radius 3 is 2.93 bits per heavy atom. The number of carbonyl (C=O) groups is 1. The van der Waals surface area contributed by atoms with Gasteiger partial charge in [0, 0.05) is 26.7 Å². The zero-order chi connectivity index (χ0) is 19.0. The van der Waals surface area contributed by atoms with Crippen molar-refractivity contribution in [1.29, 1.82) is 0 Å². The van der Waals surface area contributed by atoms with E-state index in [0.717, 1.165) is 35.2 Å². The average Bonchev–Trinajstić information content (AvgIpc) is 3.02. The highest BCUT2D eigenvalue weighted by Crippen LogP contribution is 2.26. The van der Waals surface area contributed by atoms with Crippen LogP contribution in [-0.2, 0) is 18.3 Å². The predicted molar refractivity (Wildman–Crippen MR) is 101 cm³/mol. The average molecular weight is 367 g/mol. The molecule has 1 aromatic heterocycles. The summed E-state index contributed by atoms with van der Waals surface area (Å²) in [7, 11) is 1.98. The topological polar surface area (TPSA) is 47.4 Å². The molecular formula is C21H22FN3O2. The first-order valence-corrected chi connectivity index (χ1v) is 9.05. The third-order valence-corrected chi connectivity index (χ3v) is 5.09. The Hall–Kier alpha value is -2.57. The molecule has 1 fully saturated rings. The second-order valence-corrected chi connectivity index (χ2v) is 7.07. The molecule has 140 valence electrons. The van der Waals surface area contributed by atoms with Crippen molar-refractivity contribution in [1.82, 2.24) is 14.5 Å². The number of ketones is 1. The van der Waals surface area contributed by atoms with Gasteiger partial charge in [-0.2, -0.15) is 0 Å². The summed E-state index contributed by atoms with van der Waals surface area (Å²) in [5.41, 5.74) is 4.17. The molecule has 0 amide bonds. The van der Waals surface area contributed by atoms with Crippen LogP contribution in [0.1, 0.15) is 34.5 Å². The molecule has 0 bridgehead atoms. The minimum absolute atomic E-state index is 0.0283. The van der Waals surface area contributed by atoms with Gasteiger partial charge < -0.3 is 9.30 Å². The maximum Gasteiger partial charge on any atom is 0.162 e. The highest BCUT2D eigenvalue weighted by Gasteiger charge is 2.23. The van der Waals surface area contributed by atoms with Crippen LogP contribution >= 0.6 is 0 Å². The number of halogens is 1. The summed E-state index contributed by atoms with van der Waals surface area (Å²) >= 11 is 0. The van der Waals surface area contributed by atoms with E-state index in [9.17, 15) is 9.18 Å². The van der Waals surface area contributed by atoms with E-state index >= 15 is 0 Å². The zero-order valence-electron chi connectivity index (χ0n) is 15.5. The van der Waals surface area contributed by atoms with Gasteiger partial charge in [-0.05, 0) is 42.3 Å². The molecule has 3 aromatic rings. The SMILES string of the molecule is CC(=O)c1ccc(CN2CCO[C@H](c3ccc4ncn(C)c4c3)C2)cc1F. The molecule has 0 N–H and O–H groups in total. The normalized spacial score (nSPS) is 18.1. The van der Waals surface area contributed by atoms with Crippen LogP contribution in [0, 0.1) is 5.82 Å². The first-order valence-electron chi connectivity index (χ1n) is 9.05. The molecule has 27 heavy (non-hydrogen) atoms. The fraction of sp³-hybridized carbons (Fsp3) is 0.333. The van der Waals surface area contributed by atoms with Gasteiger partial charge in [0.15, 0.2) is 5.78 Å². The molecule has 1 atom stereocenters. The highest BCUT2D eigenvalue weighted by molar-refractivity contribution is 5.94. The smallest absolute Gasteiger partial charge is 0.162 e. The summed E-state index contributed by atoms with van der Waals surface area (Å²) < 4.78 is 22.1. The summed E-state index contributed by atoms with van der Waals surface area (Å²) in [5.74, 6) is -0.706. The summed E-state index contributed by atoms with van der Waals surface area (Å²) in [6.07, 6.45) is 1.78. The lowest BCUT2D eigenvalue weighted by Crippen LogP contribution is -2.37. The van der Waals surface area contributed by atoms with Gasteiger partial charge in [-0.1, -0.05) is 12.1 Å². The Labute approximate surface area is 157 Å². The molecule has 4 rings (SSSR count). The molecule has 0 spiro atoms. The van der Waals surface area contributed by atoms with Crippen LogP contribution in [0.3, 0.4) is 0 Å². The summed E-state index contributed by atoms with van der Waals surface area (Å²) in [5, 5.41) is 0. The lowest BCUT2D eigenvalue weighted by molar-refractivity contribution is -0.0329. The van der Waals surface area contributed by atoms with Crippen molar-refractivity contribution in [3.8, 4) is 0 Å². The third kappa shape index (κ3) is 3.63. The van der Waals surface area contributed by atoms with Gasteiger partial charge in [-0.15, -0.1) is 0 Å². The molecule has 0 aliphatic carbocycles. The Balaban J connectivity index is 1.50. The Morgan fingerprint density at radius 2 is 2.15 bits per heavy atom. The molecule has 6 heteroatoms. The predicted octanol–water partition coefficient (Wildman–Crippen LogP) is 3.49. The molecular weight excluding hydrogens is 345 g/mol. The minimum atomic E-state index is -0.452. The molecule has 0 radical (unpaired) electrons. The van der Waals surface area contributed by atoms with Crippen molar-refractivity contribution in [2.24, 2.45) is 7.05 Å². The molecule has 1 aliphatic rings. The molecule has 2 aromatic carbocycles. The number of rotatable bonds is 4. The standard InChI is InChI=1S/C21H22FN3O2/c1-14(26)17-5-3-15(9-18(17)22)11-25-7-8-27-21(12-25)16-4-6-19-20(10-16)24(2)13-23-19/h3-6,9-10,13,21H,7-8,11-12H2,1-2H3/t21-/m0/s1. The molecule has 0 saturated carbocycles. The highest BCUT2D eigenvalue weighted by atomic mass is 19.1. The van der Waals surface area contributed by atoms with Gasteiger partial charge >= 0.3 is 0 Å². The number of aryl methyl sites for hydroxylation is 1. The first-order chi connectivity index (χ1) is 13.0. The number of fused-ring (bicyclic) bond motifs is 1.